The predicted octanol–water partition coefficient (Wildman–Crippen LogP) is 10.8. The first kappa shape index (κ1) is 22.2. The van der Waals surface area contributed by atoms with Crippen LogP contribution in [-0.4, -0.2) is 19.5 Å². The Balaban J connectivity index is 1.12. The predicted molar refractivity (Wildman–Crippen MR) is 193 cm³/mol. The van der Waals surface area contributed by atoms with Crippen molar-refractivity contribution in [2.75, 3.05) is 0 Å². The van der Waals surface area contributed by atoms with Crippen LogP contribution in [0.1, 0.15) is 6.85 Å². The van der Waals surface area contributed by atoms with E-state index in [1.165, 1.54) is 10.8 Å². The Morgan fingerprint density at radius 2 is 0.894 bits per heavy atom. The van der Waals surface area contributed by atoms with E-state index in [0.717, 1.165) is 44.2 Å². The van der Waals surface area contributed by atoms with Crippen molar-refractivity contribution in [2.45, 2.75) is 0 Å². The molecule has 220 valence electrons. The number of aromatic nitrogens is 4. The van der Waals surface area contributed by atoms with E-state index in [9.17, 15) is 0 Å². The number of hydrogen-bond donors (Lipinski definition) is 0. The summed E-state index contributed by atoms with van der Waals surface area (Å²) in [4.78, 5) is 14.2. The van der Waals surface area contributed by atoms with Gasteiger partial charge < -0.3 is 4.57 Å². The van der Waals surface area contributed by atoms with Crippen molar-refractivity contribution in [3.63, 3.8) is 0 Å². The average Bonchev–Trinajstić information content (AvgIpc) is 3.53. The Labute approximate surface area is 279 Å². The molecule has 7 aromatic carbocycles. The molecule has 0 bridgehead atoms. The van der Waals surface area contributed by atoms with Crippen LogP contribution >= 0.6 is 0 Å². The molecule has 9 aromatic rings. The largest absolute Gasteiger partial charge is 0.309 e. The third kappa shape index (κ3) is 4.84. The lowest BCUT2D eigenvalue weighted by atomic mass is 10.0. The lowest BCUT2D eigenvalue weighted by molar-refractivity contribution is 1.07. The Morgan fingerprint density at radius 3 is 1.55 bits per heavy atom. The molecule has 0 fully saturated rings. The van der Waals surface area contributed by atoms with E-state index in [2.05, 4.69) is 82.3 Å². The fraction of sp³-hybridized carbons (Fsp3) is 0. The lowest BCUT2D eigenvalue weighted by Crippen LogP contribution is -2.00. The van der Waals surface area contributed by atoms with Gasteiger partial charge in [0.25, 0.3) is 0 Å². The fourth-order valence-electron chi connectivity index (χ4n) is 6.25. The van der Waals surface area contributed by atoms with Gasteiger partial charge in [0.15, 0.2) is 17.5 Å². The zero-order valence-corrected chi connectivity index (χ0v) is 25.1. The highest BCUT2D eigenvalue weighted by Crippen LogP contribution is 2.33. The van der Waals surface area contributed by atoms with Crippen molar-refractivity contribution in [1.82, 2.24) is 19.5 Å². The lowest BCUT2D eigenvalue weighted by Gasteiger charge is -2.11. The van der Waals surface area contributed by atoms with Gasteiger partial charge in [-0.2, -0.15) is 0 Å². The van der Waals surface area contributed by atoms with Crippen molar-refractivity contribution in [3.8, 4) is 51.0 Å². The van der Waals surface area contributed by atoms with Crippen LogP contribution < -0.4 is 0 Å². The maximum atomic E-state index is 8.62. The first-order valence-corrected chi connectivity index (χ1v) is 15.4. The third-order valence-corrected chi connectivity index (χ3v) is 8.55. The van der Waals surface area contributed by atoms with Gasteiger partial charge in [-0.3, -0.25) is 0 Å². The summed E-state index contributed by atoms with van der Waals surface area (Å²) in [5.74, 6) is 0.672. The number of para-hydroxylation sites is 2. The second-order valence-electron chi connectivity index (χ2n) is 11.4. The molecule has 0 radical (unpaired) electrons. The van der Waals surface area contributed by atoms with Crippen LogP contribution in [0.5, 0.6) is 0 Å². The van der Waals surface area contributed by atoms with Crippen LogP contribution in [-0.2, 0) is 0 Å². The molecule has 2 heterocycles. The summed E-state index contributed by atoms with van der Waals surface area (Å²) >= 11 is 0. The van der Waals surface area contributed by atoms with Crippen LogP contribution in [0.15, 0.2) is 170 Å². The third-order valence-electron chi connectivity index (χ3n) is 8.55. The van der Waals surface area contributed by atoms with Gasteiger partial charge >= 0.3 is 0 Å². The number of benzene rings is 7. The Kier molecular flexibility index (Phi) is 5.28. The highest BCUT2D eigenvalue weighted by Gasteiger charge is 2.14. The van der Waals surface area contributed by atoms with Gasteiger partial charge in [-0.05, 0) is 52.2 Å². The number of hydrogen-bond acceptors (Lipinski definition) is 3. The molecule has 0 atom stereocenters. The normalized spacial score (nSPS) is 12.9. The molecule has 0 aliphatic rings. The van der Waals surface area contributed by atoms with E-state index in [1.807, 2.05) is 66.7 Å². The van der Waals surface area contributed by atoms with Gasteiger partial charge in [-0.15, -0.1) is 0 Å². The van der Waals surface area contributed by atoms with E-state index in [4.69, 9.17) is 16.8 Å². The minimum atomic E-state index is -0.471. The van der Waals surface area contributed by atoms with Crippen molar-refractivity contribution in [2.24, 2.45) is 0 Å². The van der Waals surface area contributed by atoms with Gasteiger partial charge in [0.1, 0.15) is 0 Å². The van der Waals surface area contributed by atoms with Gasteiger partial charge in [0.2, 0.25) is 0 Å². The van der Waals surface area contributed by atoms with Crippen molar-refractivity contribution in [1.29, 1.82) is 0 Å². The van der Waals surface area contributed by atoms with E-state index in [-0.39, 0.29) is 23.5 Å². The maximum Gasteiger partial charge on any atom is 0.164 e. The molecular formula is C43H28N4. The molecule has 0 spiro atoms. The molecule has 9 rings (SSSR count). The van der Waals surface area contributed by atoms with Crippen LogP contribution in [0, 0.1) is 0 Å². The molecular weight excluding hydrogens is 573 g/mol. The number of rotatable bonds is 5. The van der Waals surface area contributed by atoms with Gasteiger partial charge in [0, 0.05) is 33.2 Å². The summed E-state index contributed by atoms with van der Waals surface area (Å²) in [5.41, 5.74) is 6.78. The second kappa shape index (κ2) is 11.2. The van der Waals surface area contributed by atoms with E-state index in [1.54, 1.807) is 0 Å². The van der Waals surface area contributed by atoms with Crippen LogP contribution in [0.25, 0.3) is 83.6 Å². The van der Waals surface area contributed by atoms with Crippen LogP contribution in [0.2, 0.25) is 0 Å². The summed E-state index contributed by atoms with van der Waals surface area (Å²) < 4.78 is 44.1. The van der Waals surface area contributed by atoms with E-state index in [0.29, 0.717) is 17.2 Å². The SMILES string of the molecule is [2H]c1c([2H])c([2H])c(-c2nc(-c3ccc(-c4ccc(-n5c6ccccc6c6ccccc65)cc4)cc3)nc(-c3ccc4ccccc4c3)n2)c([2H])c1[2H]. The van der Waals surface area contributed by atoms with E-state index < -0.39 is 18.1 Å². The van der Waals surface area contributed by atoms with Gasteiger partial charge in [-0.1, -0.05) is 139 Å². The summed E-state index contributed by atoms with van der Waals surface area (Å²) in [6.45, 7) is 0. The Hall–Kier alpha value is -6.39. The molecule has 0 aliphatic heterocycles. The molecule has 4 nitrogen and oxygen atoms in total. The zero-order chi connectivity index (χ0) is 35.5. The van der Waals surface area contributed by atoms with Crippen LogP contribution in [0.3, 0.4) is 0 Å². The molecule has 2 aromatic heterocycles. The highest BCUT2D eigenvalue weighted by molar-refractivity contribution is 6.09. The molecule has 4 heteroatoms. The molecule has 0 aliphatic carbocycles. The molecule has 0 amide bonds. The Morgan fingerprint density at radius 1 is 0.404 bits per heavy atom. The van der Waals surface area contributed by atoms with Crippen molar-refractivity contribution in [3.05, 3.63) is 170 Å². The minimum absolute atomic E-state index is 0.00915. The summed E-state index contributed by atoms with van der Waals surface area (Å²) in [7, 11) is 0. The topological polar surface area (TPSA) is 43.6 Å². The minimum Gasteiger partial charge on any atom is -0.309 e. The molecule has 0 saturated heterocycles. The quantitative estimate of drug-likeness (QED) is 0.196. The highest BCUT2D eigenvalue weighted by atomic mass is 15.0. The monoisotopic (exact) mass is 605 g/mol. The van der Waals surface area contributed by atoms with Crippen molar-refractivity contribution < 1.29 is 6.85 Å². The van der Waals surface area contributed by atoms with Gasteiger partial charge in [0.05, 0.1) is 17.9 Å². The summed E-state index contributed by atoms with van der Waals surface area (Å²) in [6.07, 6.45) is 0. The van der Waals surface area contributed by atoms with Crippen LogP contribution in [0.4, 0.5) is 0 Å². The number of nitrogens with zero attached hydrogens (tertiary/aromatic N) is 4. The smallest absolute Gasteiger partial charge is 0.164 e. The summed E-state index contributed by atoms with van der Waals surface area (Å²) in [6, 6.07) is 45.0. The maximum absolute atomic E-state index is 8.62. The first-order valence-electron chi connectivity index (χ1n) is 17.9. The Bertz CT molecular complexity index is 2770. The molecule has 0 N–H and O–H groups in total. The standard InChI is InChI=1S/C43H28N4/c1-2-11-32(12-3-1)41-44-42(46-43(45-41)35-23-20-29-10-4-5-13-34(29)28-35)33-21-18-30(19-22-33)31-24-26-36(27-25-31)47-39-16-8-6-14-37(39)38-15-7-9-17-40(38)47/h1-28H/i1D,2D,3D,11D,12D. The second-order valence-corrected chi connectivity index (χ2v) is 11.4. The molecule has 47 heavy (non-hydrogen) atoms. The number of fused-ring (bicyclic) bond motifs is 4. The first-order chi connectivity index (χ1) is 25.4. The zero-order valence-electron chi connectivity index (χ0n) is 30.1. The van der Waals surface area contributed by atoms with Crippen molar-refractivity contribution >= 4 is 32.6 Å². The van der Waals surface area contributed by atoms with Gasteiger partial charge in [-0.25, -0.2) is 15.0 Å². The van der Waals surface area contributed by atoms with E-state index >= 15 is 0 Å². The average molecular weight is 606 g/mol. The molecule has 0 saturated carbocycles. The summed E-state index contributed by atoms with van der Waals surface area (Å²) in [5, 5.41) is 4.49. The fourth-order valence-corrected chi connectivity index (χ4v) is 6.25. The molecule has 0 unspecified atom stereocenters.